The lowest BCUT2D eigenvalue weighted by Crippen LogP contribution is -2.52. The van der Waals surface area contributed by atoms with Crippen LogP contribution >= 0.6 is 0 Å². The first-order valence-electron chi connectivity index (χ1n) is 6.80. The molecule has 2 aliphatic heterocycles. The van der Waals surface area contributed by atoms with Crippen LogP contribution in [0.5, 0.6) is 0 Å². The Bertz CT molecular complexity index is 393. The molecule has 2 aliphatic rings. The van der Waals surface area contributed by atoms with Gasteiger partial charge in [-0.1, -0.05) is 0 Å². The molecule has 0 aromatic carbocycles. The maximum absolute atomic E-state index is 6.18. The van der Waals surface area contributed by atoms with E-state index in [0.29, 0.717) is 0 Å². The fraction of sp³-hybridized carbons (Fsp3) is 0.714. The molecule has 1 aromatic rings. The summed E-state index contributed by atoms with van der Waals surface area (Å²) in [5, 5.41) is 3.60. The smallest absolute Gasteiger partial charge is 0.101 e. The van der Waals surface area contributed by atoms with Gasteiger partial charge >= 0.3 is 0 Å². The van der Waals surface area contributed by atoms with E-state index in [4.69, 9.17) is 13.9 Å². The minimum Gasteiger partial charge on any atom is -0.469 e. The average Bonchev–Trinajstić information content (AvgIpc) is 2.67. The van der Waals surface area contributed by atoms with E-state index in [-0.39, 0.29) is 11.6 Å². The SMILES string of the molecule is Cc1cc(C2NCCOC23CCCOCC3)co1. The Morgan fingerprint density at radius 2 is 2.22 bits per heavy atom. The minimum absolute atomic E-state index is 0.120. The Balaban J connectivity index is 1.88. The van der Waals surface area contributed by atoms with Crippen LogP contribution in [0, 0.1) is 6.92 Å². The first-order valence-corrected chi connectivity index (χ1v) is 6.80. The predicted molar refractivity (Wildman–Crippen MR) is 67.5 cm³/mol. The quantitative estimate of drug-likeness (QED) is 0.831. The average molecular weight is 251 g/mol. The fourth-order valence-corrected chi connectivity index (χ4v) is 3.14. The van der Waals surface area contributed by atoms with Gasteiger partial charge in [-0.2, -0.15) is 0 Å². The van der Waals surface area contributed by atoms with Crippen molar-refractivity contribution in [3.8, 4) is 0 Å². The molecule has 4 nitrogen and oxygen atoms in total. The highest BCUT2D eigenvalue weighted by Crippen LogP contribution is 2.40. The van der Waals surface area contributed by atoms with E-state index < -0.39 is 0 Å². The zero-order valence-electron chi connectivity index (χ0n) is 10.9. The molecule has 1 N–H and O–H groups in total. The van der Waals surface area contributed by atoms with Crippen molar-refractivity contribution >= 4 is 0 Å². The highest BCUT2D eigenvalue weighted by Gasteiger charge is 2.43. The second-order valence-corrected chi connectivity index (χ2v) is 5.26. The summed E-state index contributed by atoms with van der Waals surface area (Å²) in [6.45, 7) is 5.30. The van der Waals surface area contributed by atoms with Crippen LogP contribution in [0.4, 0.5) is 0 Å². The second kappa shape index (κ2) is 5.03. The zero-order valence-corrected chi connectivity index (χ0v) is 10.9. The number of morpholine rings is 1. The number of nitrogens with one attached hydrogen (secondary N) is 1. The van der Waals surface area contributed by atoms with Gasteiger partial charge < -0.3 is 19.2 Å². The topological polar surface area (TPSA) is 43.6 Å². The number of hydrogen-bond acceptors (Lipinski definition) is 4. The molecule has 18 heavy (non-hydrogen) atoms. The molecular weight excluding hydrogens is 230 g/mol. The highest BCUT2D eigenvalue weighted by atomic mass is 16.5. The number of ether oxygens (including phenoxy) is 2. The summed E-state index contributed by atoms with van der Waals surface area (Å²) in [6, 6.07) is 2.34. The van der Waals surface area contributed by atoms with Gasteiger partial charge in [0.05, 0.1) is 24.5 Å². The van der Waals surface area contributed by atoms with Gasteiger partial charge in [0.15, 0.2) is 0 Å². The summed E-state index contributed by atoms with van der Waals surface area (Å²) in [5.41, 5.74) is 1.08. The third-order valence-electron chi connectivity index (χ3n) is 4.01. The molecule has 2 atom stereocenters. The molecule has 1 aromatic heterocycles. The van der Waals surface area contributed by atoms with Crippen molar-refractivity contribution in [2.24, 2.45) is 0 Å². The fourth-order valence-electron chi connectivity index (χ4n) is 3.14. The molecule has 0 saturated carbocycles. The van der Waals surface area contributed by atoms with Crippen molar-refractivity contribution in [1.82, 2.24) is 5.32 Å². The molecule has 2 unspecified atom stereocenters. The summed E-state index contributed by atoms with van der Waals surface area (Å²) in [5.74, 6) is 0.956. The second-order valence-electron chi connectivity index (χ2n) is 5.26. The van der Waals surface area contributed by atoms with Crippen LogP contribution in [-0.4, -0.2) is 32.0 Å². The van der Waals surface area contributed by atoms with Crippen LogP contribution in [-0.2, 0) is 9.47 Å². The molecule has 0 radical (unpaired) electrons. The van der Waals surface area contributed by atoms with Gasteiger partial charge in [-0.3, -0.25) is 0 Å². The first kappa shape index (κ1) is 12.2. The van der Waals surface area contributed by atoms with Gasteiger partial charge in [0.25, 0.3) is 0 Å². The van der Waals surface area contributed by atoms with Gasteiger partial charge in [0.2, 0.25) is 0 Å². The first-order chi connectivity index (χ1) is 8.80. The van der Waals surface area contributed by atoms with Crippen molar-refractivity contribution < 1.29 is 13.9 Å². The summed E-state index contributed by atoms with van der Waals surface area (Å²) in [7, 11) is 0. The van der Waals surface area contributed by atoms with Gasteiger partial charge in [-0.25, -0.2) is 0 Å². The Kier molecular flexibility index (Phi) is 3.41. The lowest BCUT2D eigenvalue weighted by atomic mass is 9.82. The standard InChI is InChI=1S/C14H21NO3/c1-11-9-12(10-17-11)13-14(18-8-5-15-13)3-2-6-16-7-4-14/h9-10,13,15H,2-8H2,1H3. The van der Waals surface area contributed by atoms with Crippen LogP contribution in [0.2, 0.25) is 0 Å². The van der Waals surface area contributed by atoms with Crippen LogP contribution in [0.3, 0.4) is 0 Å². The molecule has 0 amide bonds. The number of furan rings is 1. The summed E-state index contributed by atoms with van der Waals surface area (Å²) < 4.78 is 17.2. The molecule has 2 saturated heterocycles. The van der Waals surface area contributed by atoms with Crippen molar-refractivity contribution in [3.05, 3.63) is 23.7 Å². The van der Waals surface area contributed by atoms with Gasteiger partial charge in [-0.05, 0) is 25.8 Å². The van der Waals surface area contributed by atoms with Crippen LogP contribution in [0.1, 0.15) is 36.6 Å². The van der Waals surface area contributed by atoms with E-state index in [9.17, 15) is 0 Å². The highest BCUT2D eigenvalue weighted by molar-refractivity contribution is 5.21. The molecule has 3 rings (SSSR count). The Labute approximate surface area is 108 Å². The molecule has 2 fully saturated rings. The van der Waals surface area contributed by atoms with Crippen LogP contribution in [0.15, 0.2) is 16.7 Å². The monoisotopic (exact) mass is 251 g/mol. The maximum atomic E-state index is 6.18. The largest absolute Gasteiger partial charge is 0.469 e. The van der Waals surface area contributed by atoms with E-state index in [0.717, 1.165) is 51.4 Å². The zero-order chi connectivity index (χ0) is 12.4. The normalized spacial score (nSPS) is 33.5. The van der Waals surface area contributed by atoms with Gasteiger partial charge in [0.1, 0.15) is 5.76 Å². The van der Waals surface area contributed by atoms with E-state index in [2.05, 4.69) is 11.4 Å². The molecule has 1 spiro atoms. The molecule has 3 heterocycles. The van der Waals surface area contributed by atoms with Crippen LogP contribution < -0.4 is 5.32 Å². The van der Waals surface area contributed by atoms with E-state index in [1.807, 2.05) is 13.2 Å². The van der Waals surface area contributed by atoms with E-state index in [1.54, 1.807) is 0 Å². The lowest BCUT2D eigenvalue weighted by Gasteiger charge is -2.43. The van der Waals surface area contributed by atoms with E-state index >= 15 is 0 Å². The maximum Gasteiger partial charge on any atom is 0.101 e. The van der Waals surface area contributed by atoms with Crippen LogP contribution in [0.25, 0.3) is 0 Å². The minimum atomic E-state index is -0.120. The van der Waals surface area contributed by atoms with Gasteiger partial charge in [-0.15, -0.1) is 0 Å². The Morgan fingerprint density at radius 1 is 1.28 bits per heavy atom. The number of rotatable bonds is 1. The van der Waals surface area contributed by atoms with E-state index in [1.165, 1.54) is 5.56 Å². The summed E-state index contributed by atoms with van der Waals surface area (Å²) in [4.78, 5) is 0. The lowest BCUT2D eigenvalue weighted by molar-refractivity contribution is -0.109. The van der Waals surface area contributed by atoms with Gasteiger partial charge in [0, 0.05) is 31.7 Å². The Morgan fingerprint density at radius 3 is 3.06 bits per heavy atom. The summed E-state index contributed by atoms with van der Waals surface area (Å²) >= 11 is 0. The molecule has 0 aliphatic carbocycles. The number of aryl methyl sites for hydroxylation is 1. The third-order valence-corrected chi connectivity index (χ3v) is 4.01. The van der Waals surface area contributed by atoms with Crippen molar-refractivity contribution in [2.75, 3.05) is 26.4 Å². The van der Waals surface area contributed by atoms with Crippen molar-refractivity contribution in [2.45, 2.75) is 37.8 Å². The molecule has 0 bridgehead atoms. The number of hydrogen-bond donors (Lipinski definition) is 1. The molecule has 4 heteroatoms. The predicted octanol–water partition coefficient (Wildman–Crippen LogP) is 2.19. The summed E-state index contributed by atoms with van der Waals surface area (Å²) in [6.07, 6.45) is 4.92. The van der Waals surface area contributed by atoms with Crippen molar-refractivity contribution in [1.29, 1.82) is 0 Å². The molecule has 100 valence electrons. The third kappa shape index (κ3) is 2.20. The Hall–Kier alpha value is -0.840. The molecular formula is C14H21NO3. The van der Waals surface area contributed by atoms with Crippen molar-refractivity contribution in [3.63, 3.8) is 0 Å².